The molecule has 0 fully saturated rings. The van der Waals surface area contributed by atoms with Crippen molar-refractivity contribution in [2.45, 2.75) is 31.6 Å². The van der Waals surface area contributed by atoms with Crippen molar-refractivity contribution in [1.29, 1.82) is 0 Å². The number of hydrogen-bond acceptors (Lipinski definition) is 2. The summed E-state index contributed by atoms with van der Waals surface area (Å²) in [5, 5.41) is 4.81. The molecule has 1 aromatic heterocycles. The molecule has 0 spiro atoms. The van der Waals surface area contributed by atoms with E-state index in [2.05, 4.69) is 266 Å². The second-order valence-electron chi connectivity index (χ2n) is 18.6. The zero-order valence-corrected chi connectivity index (χ0v) is 37.3. The number of anilines is 6. The molecule has 3 heteroatoms. The van der Waals surface area contributed by atoms with Gasteiger partial charge in [-0.2, -0.15) is 0 Å². The quantitative estimate of drug-likeness (QED) is 0.158. The molecule has 13 rings (SSSR count). The lowest BCUT2D eigenvalue weighted by atomic mass is 9.59. The maximum atomic E-state index is 2.56. The van der Waals surface area contributed by atoms with Crippen LogP contribution in [-0.4, -0.2) is 4.57 Å². The summed E-state index contributed by atoms with van der Waals surface area (Å²) >= 11 is 0. The maximum absolute atomic E-state index is 2.56. The van der Waals surface area contributed by atoms with Crippen molar-refractivity contribution in [3.63, 3.8) is 0 Å². The second kappa shape index (κ2) is 14.4. The van der Waals surface area contributed by atoms with Crippen LogP contribution in [0, 0.1) is 0 Å². The highest BCUT2D eigenvalue weighted by Crippen LogP contribution is 2.62. The molecule has 66 heavy (non-hydrogen) atoms. The van der Waals surface area contributed by atoms with Crippen LogP contribution in [0.5, 0.6) is 0 Å². The summed E-state index contributed by atoms with van der Waals surface area (Å²) < 4.78 is 2.46. The standard InChI is InChI=1S/C63H47N3/c1-62(2)53-33-17-18-34-54(53)63(3)56-41-51-42(39-52(56)49-31-20-35-55(62)60(49)63)38-47(64(43-22-8-4-9-23-43)44-24-10-5-11-25-44)40-59(51)65(45-26-12-6-13-27-45)58-37-21-32-50-48-30-16-19-36-57(48)66(61(50)58)46-28-14-7-15-29-46/h4-41H,1-3H3. The van der Waals surface area contributed by atoms with Gasteiger partial charge in [-0.25, -0.2) is 0 Å². The summed E-state index contributed by atoms with van der Waals surface area (Å²) in [5.41, 5.74) is 19.2. The van der Waals surface area contributed by atoms with Crippen LogP contribution < -0.4 is 9.80 Å². The van der Waals surface area contributed by atoms with Crippen molar-refractivity contribution in [2.75, 3.05) is 9.80 Å². The Morgan fingerprint density at radius 1 is 0.364 bits per heavy atom. The predicted molar refractivity (Wildman–Crippen MR) is 277 cm³/mol. The van der Waals surface area contributed by atoms with Gasteiger partial charge in [-0.05, 0) is 136 Å². The van der Waals surface area contributed by atoms with Gasteiger partial charge in [0.2, 0.25) is 0 Å². The molecule has 0 amide bonds. The van der Waals surface area contributed by atoms with Crippen LogP contribution in [0.15, 0.2) is 231 Å². The van der Waals surface area contributed by atoms with Gasteiger partial charge in [0.05, 0.1) is 22.4 Å². The second-order valence-corrected chi connectivity index (χ2v) is 18.6. The number of hydrogen-bond donors (Lipinski definition) is 0. The fourth-order valence-corrected chi connectivity index (χ4v) is 11.8. The minimum Gasteiger partial charge on any atom is -0.310 e. The Balaban J connectivity index is 1.18. The average molecular weight is 846 g/mol. The van der Waals surface area contributed by atoms with Gasteiger partial charge in [-0.1, -0.05) is 159 Å². The van der Waals surface area contributed by atoms with Crippen LogP contribution in [0.3, 0.4) is 0 Å². The lowest BCUT2D eigenvalue weighted by molar-refractivity contribution is 0.550. The third-order valence-electron chi connectivity index (χ3n) is 14.7. The fraction of sp³-hybridized carbons (Fsp3) is 0.0794. The minimum absolute atomic E-state index is 0.146. The van der Waals surface area contributed by atoms with Crippen LogP contribution in [-0.2, 0) is 10.8 Å². The van der Waals surface area contributed by atoms with Crippen molar-refractivity contribution in [1.82, 2.24) is 4.57 Å². The lowest BCUT2D eigenvalue weighted by Crippen LogP contribution is -2.37. The number of benzene rings is 10. The van der Waals surface area contributed by atoms with Crippen molar-refractivity contribution in [3.05, 3.63) is 258 Å². The fourth-order valence-electron chi connectivity index (χ4n) is 11.8. The molecule has 0 radical (unpaired) electrons. The zero-order chi connectivity index (χ0) is 44.1. The molecule has 1 heterocycles. The molecule has 0 saturated heterocycles. The first-order chi connectivity index (χ1) is 32.4. The first-order valence-electron chi connectivity index (χ1n) is 23.1. The van der Waals surface area contributed by atoms with E-state index in [1.807, 2.05) is 0 Å². The SMILES string of the molecule is CC1(C)c2ccccc2C2(C)c3cc4c(N(c5ccccc5)c5cccc6c7ccccc7n(-c7ccccc7)c56)cc(N(c5ccccc5)c5ccccc5)cc4cc3-c3cccc1c32. The van der Waals surface area contributed by atoms with Gasteiger partial charge in [0.15, 0.2) is 0 Å². The van der Waals surface area contributed by atoms with E-state index in [0.717, 1.165) is 45.3 Å². The summed E-state index contributed by atoms with van der Waals surface area (Å²) in [7, 11) is 0. The van der Waals surface area contributed by atoms with Gasteiger partial charge in [0.1, 0.15) is 0 Å². The van der Waals surface area contributed by atoms with Crippen LogP contribution in [0.4, 0.5) is 34.1 Å². The number of fused-ring (bicyclic) bond motifs is 9. The summed E-state index contributed by atoms with van der Waals surface area (Å²) in [6.07, 6.45) is 0. The molecule has 0 saturated carbocycles. The van der Waals surface area contributed by atoms with Crippen molar-refractivity contribution in [3.8, 4) is 16.8 Å². The number of nitrogens with zero attached hydrogens (tertiary/aromatic N) is 3. The van der Waals surface area contributed by atoms with Crippen LogP contribution in [0.1, 0.15) is 48.6 Å². The van der Waals surface area contributed by atoms with E-state index >= 15 is 0 Å². The Morgan fingerprint density at radius 3 is 1.62 bits per heavy atom. The van der Waals surface area contributed by atoms with E-state index in [0.29, 0.717) is 0 Å². The van der Waals surface area contributed by atoms with Gasteiger partial charge in [-0.3, -0.25) is 0 Å². The van der Waals surface area contributed by atoms with Crippen molar-refractivity contribution >= 4 is 66.7 Å². The summed E-state index contributed by atoms with van der Waals surface area (Å²) in [6.45, 7) is 7.29. The average Bonchev–Trinajstić information content (AvgIpc) is 3.84. The third kappa shape index (κ3) is 5.44. The molecule has 10 aromatic carbocycles. The highest BCUT2D eigenvalue weighted by Gasteiger charge is 2.50. The van der Waals surface area contributed by atoms with Crippen LogP contribution >= 0.6 is 0 Å². The van der Waals surface area contributed by atoms with Crippen molar-refractivity contribution < 1.29 is 0 Å². The predicted octanol–water partition coefficient (Wildman–Crippen LogP) is 16.9. The Kier molecular flexibility index (Phi) is 8.38. The highest BCUT2D eigenvalue weighted by atomic mass is 15.2. The van der Waals surface area contributed by atoms with E-state index in [-0.39, 0.29) is 10.8 Å². The smallest absolute Gasteiger partial charge is 0.0782 e. The van der Waals surface area contributed by atoms with Gasteiger partial charge in [0, 0.05) is 55.4 Å². The van der Waals surface area contributed by atoms with Gasteiger partial charge in [0.25, 0.3) is 0 Å². The largest absolute Gasteiger partial charge is 0.310 e. The summed E-state index contributed by atoms with van der Waals surface area (Å²) in [6, 6.07) is 85.2. The first-order valence-corrected chi connectivity index (χ1v) is 23.1. The Hall–Kier alpha value is -8.14. The van der Waals surface area contributed by atoms with Gasteiger partial charge in [-0.15, -0.1) is 0 Å². The molecule has 2 aliphatic rings. The maximum Gasteiger partial charge on any atom is 0.0782 e. The molecule has 314 valence electrons. The topological polar surface area (TPSA) is 11.4 Å². The van der Waals surface area contributed by atoms with E-state index < -0.39 is 0 Å². The molecule has 0 aliphatic heterocycles. The Morgan fingerprint density at radius 2 is 0.924 bits per heavy atom. The summed E-state index contributed by atoms with van der Waals surface area (Å²) in [5.74, 6) is 0. The molecule has 2 aliphatic carbocycles. The molecule has 0 N–H and O–H groups in total. The van der Waals surface area contributed by atoms with E-state index in [4.69, 9.17) is 0 Å². The number of aromatic nitrogens is 1. The van der Waals surface area contributed by atoms with Gasteiger partial charge < -0.3 is 14.4 Å². The third-order valence-corrected chi connectivity index (χ3v) is 14.7. The Bertz CT molecular complexity index is 3640. The molecule has 11 aromatic rings. The summed E-state index contributed by atoms with van der Waals surface area (Å²) in [4.78, 5) is 4.94. The normalized spacial score (nSPS) is 15.4. The van der Waals surface area contributed by atoms with Crippen LogP contribution in [0.2, 0.25) is 0 Å². The molecule has 1 unspecified atom stereocenters. The molecular formula is C63H47N3. The molecule has 1 atom stereocenters. The van der Waals surface area contributed by atoms with E-state index in [1.54, 1.807) is 0 Å². The molecule has 3 nitrogen and oxygen atoms in total. The number of rotatable bonds is 7. The van der Waals surface area contributed by atoms with Crippen LogP contribution in [0.25, 0.3) is 49.4 Å². The zero-order valence-electron chi connectivity index (χ0n) is 37.3. The molecule has 0 bridgehead atoms. The number of para-hydroxylation sites is 6. The van der Waals surface area contributed by atoms with E-state index in [9.17, 15) is 0 Å². The molecular weight excluding hydrogens is 799 g/mol. The van der Waals surface area contributed by atoms with Gasteiger partial charge >= 0.3 is 0 Å². The van der Waals surface area contributed by atoms with Crippen molar-refractivity contribution in [2.24, 2.45) is 0 Å². The lowest BCUT2D eigenvalue weighted by Gasteiger charge is -2.44. The monoisotopic (exact) mass is 845 g/mol. The first kappa shape index (κ1) is 38.3. The minimum atomic E-state index is -0.352. The Labute approximate surface area is 386 Å². The van der Waals surface area contributed by atoms with E-state index in [1.165, 1.54) is 66.0 Å². The highest BCUT2D eigenvalue weighted by molar-refractivity contribution is 6.16.